The van der Waals surface area contributed by atoms with E-state index in [0.29, 0.717) is 38.3 Å². The number of anilines is 1. The van der Waals surface area contributed by atoms with E-state index in [1.807, 2.05) is 18.7 Å². The molecular weight excluding hydrogens is 311 g/mol. The molecule has 0 bridgehead atoms. The van der Waals surface area contributed by atoms with Gasteiger partial charge in [0, 0.05) is 24.2 Å². The summed E-state index contributed by atoms with van der Waals surface area (Å²) in [7, 11) is 0. The first-order valence-electron chi connectivity index (χ1n) is 8.71. The van der Waals surface area contributed by atoms with Crippen molar-refractivity contribution in [2.75, 3.05) is 31.2 Å². The molecule has 0 unspecified atom stereocenters. The number of morpholine rings is 1. The molecule has 0 atom stereocenters. The van der Waals surface area contributed by atoms with Crippen LogP contribution in [-0.2, 0) is 9.39 Å². The molecule has 0 N–H and O–H groups in total. The second kappa shape index (κ2) is 6.30. The molecule has 2 saturated heterocycles. The second-order valence-electron chi connectivity index (χ2n) is 7.96. The summed E-state index contributed by atoms with van der Waals surface area (Å²) in [6.45, 7) is 10.2. The third-order valence-corrected chi connectivity index (χ3v) is 5.86. The first-order chi connectivity index (χ1) is 11.2. The average molecular weight is 337 g/mol. The van der Waals surface area contributed by atoms with Gasteiger partial charge in [0.1, 0.15) is 11.6 Å². The van der Waals surface area contributed by atoms with Crippen molar-refractivity contribution in [3.8, 4) is 0 Å². The van der Waals surface area contributed by atoms with Gasteiger partial charge in [-0.25, -0.2) is 8.78 Å². The van der Waals surface area contributed by atoms with E-state index >= 15 is 0 Å². The minimum absolute atomic E-state index is 0.0236. The molecule has 132 valence electrons. The molecule has 2 aliphatic heterocycles. The van der Waals surface area contributed by atoms with Crippen molar-refractivity contribution in [1.82, 2.24) is 0 Å². The van der Waals surface area contributed by atoms with E-state index < -0.39 is 24.2 Å². The molecule has 0 radical (unpaired) electrons. The van der Waals surface area contributed by atoms with E-state index in [1.54, 1.807) is 0 Å². The van der Waals surface area contributed by atoms with E-state index in [4.69, 9.17) is 9.39 Å². The number of nitrogens with zero attached hydrogens (tertiary/aromatic N) is 1. The number of halogens is 2. The zero-order chi connectivity index (χ0) is 17.5. The van der Waals surface area contributed by atoms with E-state index in [9.17, 15) is 8.78 Å². The normalized spacial score (nSPS) is 23.4. The van der Waals surface area contributed by atoms with Crippen LogP contribution in [0, 0.1) is 17.0 Å². The van der Waals surface area contributed by atoms with Gasteiger partial charge in [0.15, 0.2) is 0 Å². The van der Waals surface area contributed by atoms with Gasteiger partial charge < -0.3 is 14.3 Å². The number of hydrogen-bond acceptors (Lipinski definition) is 3. The molecule has 0 aliphatic carbocycles. The van der Waals surface area contributed by atoms with E-state index in [0.717, 1.165) is 6.42 Å². The Balaban J connectivity index is 1.86. The number of rotatable bonds is 2. The topological polar surface area (TPSA) is 21.7 Å². The molecule has 3 nitrogen and oxygen atoms in total. The summed E-state index contributed by atoms with van der Waals surface area (Å²) in [5.74, 6) is -1.03. The van der Waals surface area contributed by atoms with Crippen molar-refractivity contribution in [2.45, 2.75) is 46.0 Å². The molecule has 2 heterocycles. The lowest BCUT2D eigenvalue weighted by molar-refractivity contribution is -0.0313. The SMILES string of the molecule is CC1(C)CCB(c2c(F)cc(N3CCOCC3)cc2F)OC1(C)C. The smallest absolute Gasteiger partial charge is 0.333 e. The third-order valence-electron chi connectivity index (χ3n) is 5.86. The lowest BCUT2D eigenvalue weighted by atomic mass is 9.50. The molecule has 1 aromatic rings. The Bertz CT molecular complexity index is 592. The highest BCUT2D eigenvalue weighted by atomic mass is 19.1. The van der Waals surface area contributed by atoms with Crippen molar-refractivity contribution >= 4 is 18.1 Å². The summed E-state index contributed by atoms with van der Waals surface area (Å²) in [6.07, 6.45) is 1.50. The van der Waals surface area contributed by atoms with Crippen LogP contribution >= 0.6 is 0 Å². The monoisotopic (exact) mass is 337 g/mol. The molecule has 3 rings (SSSR count). The molecule has 0 saturated carbocycles. The van der Waals surface area contributed by atoms with Crippen LogP contribution in [0.15, 0.2) is 12.1 Å². The van der Waals surface area contributed by atoms with Crippen molar-refractivity contribution in [3.63, 3.8) is 0 Å². The van der Waals surface area contributed by atoms with Gasteiger partial charge in [0.2, 0.25) is 0 Å². The van der Waals surface area contributed by atoms with Gasteiger partial charge >= 0.3 is 6.92 Å². The summed E-state index contributed by atoms with van der Waals surface area (Å²) in [5.41, 5.74) is 0.185. The number of benzene rings is 1. The lowest BCUT2D eigenvalue weighted by Gasteiger charge is -2.48. The van der Waals surface area contributed by atoms with Gasteiger partial charge in [-0.05, 0) is 44.1 Å². The van der Waals surface area contributed by atoms with Crippen LogP contribution < -0.4 is 10.4 Å². The van der Waals surface area contributed by atoms with E-state index in [1.165, 1.54) is 12.1 Å². The highest BCUT2D eigenvalue weighted by molar-refractivity contribution is 6.67. The summed E-state index contributed by atoms with van der Waals surface area (Å²) in [5, 5.41) is 0. The summed E-state index contributed by atoms with van der Waals surface area (Å²) in [4.78, 5) is 1.95. The Kier molecular flexibility index (Phi) is 4.64. The van der Waals surface area contributed by atoms with Crippen molar-refractivity contribution < 1.29 is 18.2 Å². The zero-order valence-electron chi connectivity index (χ0n) is 15.0. The predicted octanol–water partition coefficient (Wildman–Crippen LogP) is 3.23. The molecule has 0 amide bonds. The standard InChI is InChI=1S/C18H26BF2NO2/c1-17(2)5-6-19(24-18(17,3)4)16-14(20)11-13(12-15(16)21)22-7-9-23-10-8-22/h11-12H,5-10H2,1-4H3. The second-order valence-corrected chi connectivity index (χ2v) is 7.96. The Labute approximate surface area is 143 Å². The Hall–Kier alpha value is -1.14. The quantitative estimate of drug-likeness (QED) is 0.774. The largest absolute Gasteiger partial charge is 0.425 e. The molecule has 2 aliphatic rings. The maximum absolute atomic E-state index is 14.7. The molecule has 2 fully saturated rings. The first kappa shape index (κ1) is 17.7. The van der Waals surface area contributed by atoms with Gasteiger partial charge in [0.25, 0.3) is 0 Å². The molecule has 0 aromatic heterocycles. The van der Waals surface area contributed by atoms with Crippen LogP contribution in [0.25, 0.3) is 0 Å². The molecule has 1 aromatic carbocycles. The molecule has 6 heteroatoms. The summed E-state index contributed by atoms with van der Waals surface area (Å²) in [6, 6.07) is 2.86. The highest BCUT2D eigenvalue weighted by Gasteiger charge is 2.46. The fraction of sp³-hybridized carbons (Fsp3) is 0.667. The van der Waals surface area contributed by atoms with Gasteiger partial charge in [0.05, 0.1) is 18.8 Å². The van der Waals surface area contributed by atoms with Crippen molar-refractivity contribution in [2.24, 2.45) is 5.41 Å². The van der Waals surface area contributed by atoms with Gasteiger partial charge in [-0.15, -0.1) is 0 Å². The molecule has 0 spiro atoms. The van der Waals surface area contributed by atoms with Gasteiger partial charge in [-0.3, -0.25) is 0 Å². The zero-order valence-corrected chi connectivity index (χ0v) is 15.0. The fourth-order valence-electron chi connectivity index (χ4n) is 3.45. The van der Waals surface area contributed by atoms with E-state index in [-0.39, 0.29) is 10.9 Å². The maximum Gasteiger partial charge on any atom is 0.333 e. The maximum atomic E-state index is 14.7. The van der Waals surface area contributed by atoms with Crippen LogP contribution in [0.1, 0.15) is 34.1 Å². The third kappa shape index (κ3) is 3.18. The van der Waals surface area contributed by atoms with Crippen LogP contribution in [0.3, 0.4) is 0 Å². The summed E-state index contributed by atoms with van der Waals surface area (Å²) < 4.78 is 40.8. The van der Waals surface area contributed by atoms with Crippen LogP contribution in [0.5, 0.6) is 0 Å². The van der Waals surface area contributed by atoms with Crippen LogP contribution in [-0.4, -0.2) is 38.8 Å². The number of hydrogen-bond donors (Lipinski definition) is 0. The van der Waals surface area contributed by atoms with Gasteiger partial charge in [-0.2, -0.15) is 0 Å². The van der Waals surface area contributed by atoms with Crippen molar-refractivity contribution in [3.05, 3.63) is 23.8 Å². The fourth-order valence-corrected chi connectivity index (χ4v) is 3.45. The minimum atomic E-state index is -0.535. The van der Waals surface area contributed by atoms with Crippen molar-refractivity contribution in [1.29, 1.82) is 0 Å². The molecular formula is C18H26BF2NO2. The highest BCUT2D eigenvalue weighted by Crippen LogP contribution is 2.43. The Morgan fingerprint density at radius 3 is 2.17 bits per heavy atom. The predicted molar refractivity (Wildman–Crippen MR) is 93.1 cm³/mol. The summed E-state index contributed by atoms with van der Waals surface area (Å²) >= 11 is 0. The van der Waals surface area contributed by atoms with Gasteiger partial charge in [-0.1, -0.05) is 13.8 Å². The minimum Gasteiger partial charge on any atom is -0.425 e. The Morgan fingerprint density at radius 1 is 1.04 bits per heavy atom. The lowest BCUT2D eigenvalue weighted by Crippen LogP contribution is -2.55. The van der Waals surface area contributed by atoms with Crippen LogP contribution in [0.4, 0.5) is 14.5 Å². The Morgan fingerprint density at radius 2 is 1.62 bits per heavy atom. The number of ether oxygens (including phenoxy) is 1. The average Bonchev–Trinajstić information content (AvgIpc) is 2.51. The molecule has 24 heavy (non-hydrogen) atoms. The van der Waals surface area contributed by atoms with Crippen LogP contribution in [0.2, 0.25) is 6.32 Å². The first-order valence-corrected chi connectivity index (χ1v) is 8.71. The van der Waals surface area contributed by atoms with E-state index in [2.05, 4.69) is 13.8 Å².